The van der Waals surface area contributed by atoms with Crippen molar-refractivity contribution < 1.29 is 9.59 Å². The second-order valence-electron chi connectivity index (χ2n) is 6.03. The number of carbonyl (C=O) groups excluding carboxylic acids is 2. The monoisotopic (exact) mass is 382 g/mol. The fourth-order valence-corrected chi connectivity index (χ4v) is 3.32. The van der Waals surface area contributed by atoms with E-state index in [2.05, 4.69) is 23.3 Å². The molecular formula is C20H22N4O2S. The molecule has 0 aliphatic carbocycles. The number of thioether (sulfide) groups is 1. The Hall–Kier alpha value is -2.85. The van der Waals surface area contributed by atoms with E-state index in [1.807, 2.05) is 6.07 Å². The van der Waals surface area contributed by atoms with Gasteiger partial charge in [0, 0.05) is 5.69 Å². The van der Waals surface area contributed by atoms with Crippen LogP contribution in [0.15, 0.2) is 41.4 Å². The van der Waals surface area contributed by atoms with Gasteiger partial charge in [-0.1, -0.05) is 37.2 Å². The molecule has 7 heteroatoms. The minimum absolute atomic E-state index is 0.250. The largest absolute Gasteiger partial charge is 0.366 e. The van der Waals surface area contributed by atoms with E-state index in [1.54, 1.807) is 37.3 Å². The average molecular weight is 382 g/mol. The number of benzene rings is 1. The lowest BCUT2D eigenvalue weighted by molar-refractivity contribution is -0.115. The van der Waals surface area contributed by atoms with Crippen LogP contribution in [0.4, 0.5) is 5.69 Å². The van der Waals surface area contributed by atoms with E-state index < -0.39 is 11.2 Å². The Morgan fingerprint density at radius 2 is 2.04 bits per heavy atom. The molecule has 0 saturated heterocycles. The van der Waals surface area contributed by atoms with Crippen LogP contribution >= 0.6 is 11.8 Å². The number of pyridine rings is 1. The van der Waals surface area contributed by atoms with Crippen molar-refractivity contribution in [1.29, 1.82) is 5.26 Å². The lowest BCUT2D eigenvalue weighted by Crippen LogP contribution is -2.25. The number of hydrogen-bond acceptors (Lipinski definition) is 5. The van der Waals surface area contributed by atoms with Gasteiger partial charge in [-0.2, -0.15) is 5.26 Å². The fourth-order valence-electron chi connectivity index (χ4n) is 2.41. The molecule has 3 N–H and O–H groups in total. The molecule has 0 spiro atoms. The highest BCUT2D eigenvalue weighted by molar-refractivity contribution is 8.00. The SMILES string of the molecule is CCCCc1ccc(C#N)c(SC(C)C(=O)Nc2ccccc2C(N)=O)n1. The van der Waals surface area contributed by atoms with E-state index in [1.165, 1.54) is 11.8 Å². The van der Waals surface area contributed by atoms with Crippen molar-refractivity contribution in [3.8, 4) is 6.07 Å². The summed E-state index contributed by atoms with van der Waals surface area (Å²) in [6.45, 7) is 3.84. The van der Waals surface area contributed by atoms with E-state index in [0.29, 0.717) is 16.3 Å². The molecule has 140 valence electrons. The summed E-state index contributed by atoms with van der Waals surface area (Å²) in [7, 11) is 0. The number of unbranched alkanes of at least 4 members (excludes halogenated alkanes) is 1. The third kappa shape index (κ3) is 5.56. The summed E-state index contributed by atoms with van der Waals surface area (Å²) < 4.78 is 0. The number of para-hydroxylation sites is 1. The summed E-state index contributed by atoms with van der Waals surface area (Å²) in [5, 5.41) is 12.1. The molecule has 2 amide bonds. The van der Waals surface area contributed by atoms with Crippen LogP contribution in [0.3, 0.4) is 0 Å². The summed E-state index contributed by atoms with van der Waals surface area (Å²) >= 11 is 1.22. The van der Waals surface area contributed by atoms with E-state index in [0.717, 1.165) is 25.0 Å². The highest BCUT2D eigenvalue weighted by Crippen LogP contribution is 2.27. The molecule has 2 aromatic rings. The topological polar surface area (TPSA) is 109 Å². The Balaban J connectivity index is 2.14. The van der Waals surface area contributed by atoms with Crippen LogP contribution in [0.25, 0.3) is 0 Å². The van der Waals surface area contributed by atoms with Crippen molar-refractivity contribution in [2.24, 2.45) is 5.73 Å². The molecule has 0 aliphatic rings. The van der Waals surface area contributed by atoms with Crippen LogP contribution in [0.1, 0.15) is 48.3 Å². The van der Waals surface area contributed by atoms with Crippen LogP contribution < -0.4 is 11.1 Å². The van der Waals surface area contributed by atoms with E-state index in [-0.39, 0.29) is 11.5 Å². The van der Waals surface area contributed by atoms with Crippen molar-refractivity contribution in [3.05, 3.63) is 53.2 Å². The first kappa shape index (κ1) is 20.5. The Morgan fingerprint density at radius 3 is 2.70 bits per heavy atom. The molecule has 1 atom stereocenters. The van der Waals surface area contributed by atoms with Gasteiger partial charge in [0.25, 0.3) is 5.91 Å². The van der Waals surface area contributed by atoms with Gasteiger partial charge in [0.05, 0.1) is 22.1 Å². The van der Waals surface area contributed by atoms with Gasteiger partial charge in [0.1, 0.15) is 11.1 Å². The Kier molecular flexibility index (Phi) is 7.38. The zero-order valence-corrected chi connectivity index (χ0v) is 16.2. The molecule has 0 radical (unpaired) electrons. The van der Waals surface area contributed by atoms with E-state index in [4.69, 9.17) is 5.73 Å². The minimum Gasteiger partial charge on any atom is -0.366 e. The normalized spacial score (nSPS) is 11.4. The van der Waals surface area contributed by atoms with E-state index in [9.17, 15) is 14.9 Å². The summed E-state index contributed by atoms with van der Waals surface area (Å²) in [4.78, 5) is 28.6. The van der Waals surface area contributed by atoms with Crippen LogP contribution in [0.2, 0.25) is 0 Å². The average Bonchev–Trinajstić information content (AvgIpc) is 2.66. The number of primary amides is 1. The number of hydrogen-bond donors (Lipinski definition) is 2. The molecule has 1 heterocycles. The maximum absolute atomic E-state index is 12.6. The van der Waals surface area contributed by atoms with Gasteiger partial charge in [-0.3, -0.25) is 9.59 Å². The molecule has 1 unspecified atom stereocenters. The number of rotatable bonds is 8. The van der Waals surface area contributed by atoms with Crippen LogP contribution in [0, 0.1) is 11.3 Å². The number of nitrogens with two attached hydrogens (primary N) is 1. The lowest BCUT2D eigenvalue weighted by atomic mass is 10.1. The number of nitrogens with zero attached hydrogens (tertiary/aromatic N) is 2. The van der Waals surface area contributed by atoms with Gasteiger partial charge >= 0.3 is 0 Å². The molecule has 0 fully saturated rings. The second kappa shape index (κ2) is 9.74. The van der Waals surface area contributed by atoms with Gasteiger partial charge < -0.3 is 11.1 Å². The highest BCUT2D eigenvalue weighted by Gasteiger charge is 2.19. The number of nitrogens with one attached hydrogen (secondary N) is 1. The number of anilines is 1. The molecular weight excluding hydrogens is 360 g/mol. The van der Waals surface area contributed by atoms with Crippen molar-refractivity contribution in [3.63, 3.8) is 0 Å². The standard InChI is InChI=1S/C20H22N4O2S/c1-3-4-7-15-11-10-14(12-21)20(23-15)27-13(2)19(26)24-17-9-6-5-8-16(17)18(22)25/h5-6,8-11,13H,3-4,7H2,1-2H3,(H2,22,25)(H,24,26). The van der Waals surface area contributed by atoms with Crippen LogP contribution in [-0.4, -0.2) is 22.0 Å². The lowest BCUT2D eigenvalue weighted by Gasteiger charge is -2.14. The third-order valence-corrected chi connectivity index (χ3v) is 5.03. The first-order chi connectivity index (χ1) is 13.0. The van der Waals surface area contributed by atoms with Gasteiger partial charge in [0.15, 0.2) is 0 Å². The van der Waals surface area contributed by atoms with Crippen molar-refractivity contribution in [1.82, 2.24) is 4.98 Å². The van der Waals surface area contributed by atoms with Gasteiger partial charge in [-0.15, -0.1) is 0 Å². The Morgan fingerprint density at radius 1 is 1.30 bits per heavy atom. The summed E-state index contributed by atoms with van der Waals surface area (Å²) in [5.74, 6) is -0.901. The summed E-state index contributed by atoms with van der Waals surface area (Å²) in [5.41, 5.74) is 7.31. The first-order valence-corrected chi connectivity index (χ1v) is 9.60. The zero-order chi connectivity index (χ0) is 19.8. The van der Waals surface area contributed by atoms with Crippen molar-refractivity contribution >= 4 is 29.3 Å². The predicted molar refractivity (Wildman–Crippen MR) is 106 cm³/mol. The molecule has 27 heavy (non-hydrogen) atoms. The van der Waals surface area contributed by atoms with Crippen LogP contribution in [-0.2, 0) is 11.2 Å². The Bertz CT molecular complexity index is 877. The highest BCUT2D eigenvalue weighted by atomic mass is 32.2. The number of amides is 2. The smallest absolute Gasteiger partial charge is 0.250 e. The number of carbonyl (C=O) groups is 2. The maximum atomic E-state index is 12.6. The fraction of sp³-hybridized carbons (Fsp3) is 0.300. The third-order valence-electron chi connectivity index (χ3n) is 3.93. The quantitative estimate of drug-likeness (QED) is 0.679. The maximum Gasteiger partial charge on any atom is 0.250 e. The summed E-state index contributed by atoms with van der Waals surface area (Å²) in [6, 6.07) is 12.3. The summed E-state index contributed by atoms with van der Waals surface area (Å²) in [6.07, 6.45) is 2.91. The van der Waals surface area contributed by atoms with Crippen molar-refractivity contribution in [2.75, 3.05) is 5.32 Å². The predicted octanol–water partition coefficient (Wildman–Crippen LogP) is 3.51. The molecule has 1 aromatic carbocycles. The molecule has 0 aliphatic heterocycles. The zero-order valence-electron chi connectivity index (χ0n) is 15.4. The molecule has 2 rings (SSSR count). The number of aromatic nitrogens is 1. The van der Waals surface area contributed by atoms with Gasteiger partial charge in [-0.25, -0.2) is 4.98 Å². The van der Waals surface area contributed by atoms with Crippen molar-refractivity contribution in [2.45, 2.75) is 43.4 Å². The van der Waals surface area contributed by atoms with Gasteiger partial charge in [-0.05, 0) is 44.0 Å². The number of aryl methyl sites for hydroxylation is 1. The van der Waals surface area contributed by atoms with Gasteiger partial charge in [0.2, 0.25) is 5.91 Å². The second-order valence-corrected chi connectivity index (χ2v) is 7.36. The van der Waals surface area contributed by atoms with Crippen LogP contribution in [0.5, 0.6) is 0 Å². The molecule has 0 bridgehead atoms. The Labute approximate surface area is 163 Å². The molecule has 6 nitrogen and oxygen atoms in total. The minimum atomic E-state index is -0.608. The van der Waals surface area contributed by atoms with E-state index >= 15 is 0 Å². The first-order valence-electron chi connectivity index (χ1n) is 8.72. The number of nitriles is 1. The molecule has 1 aromatic heterocycles. The molecule has 0 saturated carbocycles.